The van der Waals surface area contributed by atoms with Gasteiger partial charge < -0.3 is 5.32 Å². The molecule has 0 atom stereocenters. The van der Waals surface area contributed by atoms with Gasteiger partial charge in [-0.25, -0.2) is 8.42 Å². The highest BCUT2D eigenvalue weighted by molar-refractivity contribution is 7.96. The number of hydrogen-bond acceptors (Lipinski definition) is 3. The van der Waals surface area contributed by atoms with Gasteiger partial charge in [-0.3, -0.25) is 4.79 Å². The van der Waals surface area contributed by atoms with E-state index in [1.54, 1.807) is 0 Å². The lowest BCUT2D eigenvalue weighted by atomic mass is 10.3. The number of benzene rings is 1. The van der Waals surface area contributed by atoms with E-state index in [4.69, 9.17) is 0 Å². The highest BCUT2D eigenvalue weighted by atomic mass is 32.2. The second kappa shape index (κ2) is 4.02. The van der Waals surface area contributed by atoms with Crippen LogP contribution >= 0.6 is 12.6 Å². The first-order valence-electron chi connectivity index (χ1n) is 3.69. The summed E-state index contributed by atoms with van der Waals surface area (Å²) in [5.74, 6) is 0. The Labute approximate surface area is 87.7 Å². The summed E-state index contributed by atoms with van der Waals surface area (Å²) in [5, 5.41) is 1.93. The summed E-state index contributed by atoms with van der Waals surface area (Å²) < 4.78 is 22.1. The Morgan fingerprint density at radius 3 is 2.14 bits per heavy atom. The summed E-state index contributed by atoms with van der Waals surface area (Å²) in [6, 6.07) is 5.86. The number of rotatable bonds is 2. The SMILES string of the molecule is CS(=O)(=O)c1ccc(NC(=O)S)cc1. The third-order valence-electron chi connectivity index (χ3n) is 1.53. The van der Waals surface area contributed by atoms with Crippen molar-refractivity contribution in [1.82, 2.24) is 0 Å². The summed E-state index contributed by atoms with van der Waals surface area (Å²) in [7, 11) is -3.18. The monoisotopic (exact) mass is 231 g/mol. The molecule has 0 aliphatic rings. The third-order valence-corrected chi connectivity index (χ3v) is 2.77. The van der Waals surface area contributed by atoms with Crippen LogP contribution in [0.3, 0.4) is 0 Å². The predicted octanol–water partition coefficient (Wildman–Crippen LogP) is 1.55. The normalized spacial score (nSPS) is 11.0. The van der Waals surface area contributed by atoms with Crippen molar-refractivity contribution in [1.29, 1.82) is 0 Å². The van der Waals surface area contributed by atoms with Crippen molar-refractivity contribution in [3.8, 4) is 0 Å². The van der Waals surface area contributed by atoms with Crippen LogP contribution in [0.4, 0.5) is 10.5 Å². The van der Waals surface area contributed by atoms with Gasteiger partial charge in [-0.1, -0.05) is 12.6 Å². The molecular formula is C8H9NO3S2. The number of carbonyl (C=O) groups is 1. The Morgan fingerprint density at radius 2 is 1.79 bits per heavy atom. The number of anilines is 1. The molecule has 6 heteroatoms. The van der Waals surface area contributed by atoms with Gasteiger partial charge in [0.15, 0.2) is 9.84 Å². The van der Waals surface area contributed by atoms with Crippen LogP contribution in [0.15, 0.2) is 29.2 Å². The van der Waals surface area contributed by atoms with Crippen LogP contribution in [0, 0.1) is 0 Å². The van der Waals surface area contributed by atoms with Crippen molar-refractivity contribution < 1.29 is 13.2 Å². The van der Waals surface area contributed by atoms with Crippen molar-refractivity contribution in [2.45, 2.75) is 4.90 Å². The Kier molecular flexibility index (Phi) is 3.17. The molecule has 76 valence electrons. The molecule has 0 spiro atoms. The number of hydrogen-bond donors (Lipinski definition) is 2. The minimum Gasteiger partial charge on any atom is -0.317 e. The van der Waals surface area contributed by atoms with E-state index in [1.165, 1.54) is 24.3 Å². The second-order valence-corrected chi connectivity index (χ2v) is 5.15. The highest BCUT2D eigenvalue weighted by Gasteiger charge is 2.06. The standard InChI is InChI=1S/C8H9NO3S2/c1-14(11,12)7-4-2-6(3-5-7)9-8(10)13/h2-5H,1H3,(H2,9,10,13). The smallest absolute Gasteiger partial charge is 0.280 e. The maximum absolute atomic E-state index is 11.1. The molecule has 0 fully saturated rings. The van der Waals surface area contributed by atoms with Crippen LogP contribution in [-0.4, -0.2) is 19.9 Å². The number of thiol groups is 1. The molecule has 0 unspecified atom stereocenters. The quantitative estimate of drug-likeness (QED) is 0.759. The Bertz CT molecular complexity index is 436. The minimum absolute atomic E-state index is 0.217. The topological polar surface area (TPSA) is 63.2 Å². The van der Waals surface area contributed by atoms with Gasteiger partial charge in [0, 0.05) is 11.9 Å². The van der Waals surface area contributed by atoms with E-state index in [9.17, 15) is 13.2 Å². The average Bonchev–Trinajstić information content (AvgIpc) is 2.02. The summed E-state index contributed by atoms with van der Waals surface area (Å²) >= 11 is 3.52. The molecule has 0 saturated carbocycles. The molecule has 1 amide bonds. The van der Waals surface area contributed by atoms with Crippen molar-refractivity contribution in [3.05, 3.63) is 24.3 Å². The van der Waals surface area contributed by atoms with Crippen LogP contribution in [0.5, 0.6) is 0 Å². The molecule has 14 heavy (non-hydrogen) atoms. The van der Waals surface area contributed by atoms with Crippen LogP contribution < -0.4 is 5.32 Å². The van der Waals surface area contributed by atoms with Crippen molar-refractivity contribution in [2.24, 2.45) is 0 Å². The van der Waals surface area contributed by atoms with Gasteiger partial charge in [-0.15, -0.1) is 0 Å². The molecule has 1 N–H and O–H groups in total. The van der Waals surface area contributed by atoms with Gasteiger partial charge in [-0.05, 0) is 24.3 Å². The molecular weight excluding hydrogens is 222 g/mol. The maximum atomic E-state index is 11.1. The lowest BCUT2D eigenvalue weighted by molar-refractivity contribution is 0.270. The van der Waals surface area contributed by atoms with Crippen molar-refractivity contribution in [3.63, 3.8) is 0 Å². The fraction of sp³-hybridized carbons (Fsp3) is 0.125. The predicted molar refractivity (Wildman–Crippen MR) is 57.6 cm³/mol. The fourth-order valence-corrected chi connectivity index (χ4v) is 1.67. The number of sulfone groups is 1. The van der Waals surface area contributed by atoms with Gasteiger partial charge in [0.2, 0.25) is 0 Å². The van der Waals surface area contributed by atoms with E-state index >= 15 is 0 Å². The van der Waals surface area contributed by atoms with Gasteiger partial charge in [-0.2, -0.15) is 0 Å². The zero-order chi connectivity index (χ0) is 10.8. The van der Waals surface area contributed by atoms with Crippen LogP contribution in [0.2, 0.25) is 0 Å². The Hall–Kier alpha value is -1.01. The second-order valence-electron chi connectivity index (χ2n) is 2.73. The van der Waals surface area contributed by atoms with Crippen LogP contribution in [-0.2, 0) is 9.84 Å². The largest absolute Gasteiger partial charge is 0.317 e. The van der Waals surface area contributed by atoms with Gasteiger partial charge >= 0.3 is 0 Å². The van der Waals surface area contributed by atoms with Gasteiger partial charge in [0.1, 0.15) is 0 Å². The van der Waals surface area contributed by atoms with Crippen LogP contribution in [0.1, 0.15) is 0 Å². The lowest BCUT2D eigenvalue weighted by Crippen LogP contribution is -2.02. The molecule has 1 aromatic rings. The van der Waals surface area contributed by atoms with E-state index in [0.29, 0.717) is 5.69 Å². The lowest BCUT2D eigenvalue weighted by Gasteiger charge is -2.02. The summed E-state index contributed by atoms with van der Waals surface area (Å²) in [6.45, 7) is 0. The first kappa shape index (κ1) is 11.1. The molecule has 0 aliphatic carbocycles. The Balaban J connectivity index is 2.95. The van der Waals surface area contributed by atoms with Crippen LogP contribution in [0.25, 0.3) is 0 Å². The zero-order valence-corrected chi connectivity index (χ0v) is 9.10. The van der Waals surface area contributed by atoms with E-state index in [2.05, 4.69) is 17.9 Å². The molecule has 1 aromatic carbocycles. The fourth-order valence-electron chi connectivity index (χ4n) is 0.909. The maximum Gasteiger partial charge on any atom is 0.280 e. The average molecular weight is 231 g/mol. The first-order valence-corrected chi connectivity index (χ1v) is 6.03. The van der Waals surface area contributed by atoms with E-state index in [1.807, 2.05) is 0 Å². The summed E-state index contributed by atoms with van der Waals surface area (Å²) in [5.41, 5.74) is 0.511. The highest BCUT2D eigenvalue weighted by Crippen LogP contribution is 2.13. The molecule has 0 saturated heterocycles. The molecule has 0 heterocycles. The van der Waals surface area contributed by atoms with Gasteiger partial charge in [0.05, 0.1) is 4.90 Å². The van der Waals surface area contributed by atoms with E-state index < -0.39 is 15.1 Å². The van der Waals surface area contributed by atoms with E-state index in [-0.39, 0.29) is 4.90 Å². The minimum atomic E-state index is -3.18. The van der Waals surface area contributed by atoms with Crippen molar-refractivity contribution in [2.75, 3.05) is 11.6 Å². The number of amides is 1. The zero-order valence-electron chi connectivity index (χ0n) is 7.39. The van der Waals surface area contributed by atoms with E-state index in [0.717, 1.165) is 6.26 Å². The summed E-state index contributed by atoms with van der Waals surface area (Å²) in [6.07, 6.45) is 1.12. The number of carbonyl (C=O) groups excluding carboxylic acids is 1. The van der Waals surface area contributed by atoms with Gasteiger partial charge in [0.25, 0.3) is 5.24 Å². The molecule has 0 aliphatic heterocycles. The molecule has 0 aromatic heterocycles. The molecule has 1 rings (SSSR count). The Morgan fingerprint density at radius 1 is 1.29 bits per heavy atom. The van der Waals surface area contributed by atoms with Crippen molar-refractivity contribution >= 4 is 33.4 Å². The third kappa shape index (κ3) is 3.04. The molecule has 0 radical (unpaired) electrons. The molecule has 4 nitrogen and oxygen atoms in total. The number of nitrogens with one attached hydrogen (secondary N) is 1. The molecule has 0 bridgehead atoms. The summed E-state index contributed by atoms with van der Waals surface area (Å²) in [4.78, 5) is 10.7. The first-order chi connectivity index (χ1) is 6.39.